The number of allylic oxidation sites excluding steroid dienone is 4. The van der Waals surface area contributed by atoms with Gasteiger partial charge in [0.2, 0.25) is 0 Å². The highest BCUT2D eigenvalue weighted by Gasteiger charge is 2.19. The molecule has 2 aromatic carbocycles. The molecule has 1 unspecified atom stereocenters. The number of nitrogens with one attached hydrogen (secondary N) is 3. The molecule has 0 radical (unpaired) electrons. The van der Waals surface area contributed by atoms with Gasteiger partial charge < -0.3 is 15.3 Å². The molecule has 4 aromatic rings. The van der Waals surface area contributed by atoms with Crippen molar-refractivity contribution in [2.24, 2.45) is 4.99 Å². The quantitative estimate of drug-likeness (QED) is 0.258. The number of hydrogen-bond donors (Lipinski definition) is 3. The first-order valence-electron chi connectivity index (χ1n) is 14.9. The summed E-state index contributed by atoms with van der Waals surface area (Å²) < 4.78 is 0. The number of fused-ring (bicyclic) bond motifs is 7. The zero-order chi connectivity index (χ0) is 28.8. The minimum absolute atomic E-state index is 0.109. The zero-order valence-corrected chi connectivity index (χ0v) is 24.6. The second-order valence-corrected chi connectivity index (χ2v) is 12.0. The number of aromatic amines is 2. The normalized spacial score (nSPS) is 22.6. The van der Waals surface area contributed by atoms with Crippen molar-refractivity contribution < 1.29 is 0 Å². The smallest absolute Gasteiger partial charge is 0.0736 e. The molecule has 208 valence electrons. The number of nitrogens with zero attached hydrogens (tertiary/aromatic N) is 1. The number of H-pyrrole nitrogens is 2. The van der Waals surface area contributed by atoms with Gasteiger partial charge in [0.15, 0.2) is 0 Å². The predicted octanol–water partition coefficient (Wildman–Crippen LogP) is 6.81. The Balaban J connectivity index is 1.46. The van der Waals surface area contributed by atoms with E-state index in [1.165, 1.54) is 16.7 Å². The summed E-state index contributed by atoms with van der Waals surface area (Å²) in [6, 6.07) is 26.7. The molecule has 3 aliphatic heterocycles. The van der Waals surface area contributed by atoms with Crippen molar-refractivity contribution in [2.45, 2.75) is 45.6 Å². The third kappa shape index (κ3) is 4.94. The highest BCUT2D eigenvalue weighted by molar-refractivity contribution is 6.09. The lowest BCUT2D eigenvalue weighted by atomic mass is 9.96. The molecule has 4 heteroatoms. The minimum atomic E-state index is 0.109. The van der Waals surface area contributed by atoms with Crippen molar-refractivity contribution in [3.63, 3.8) is 0 Å². The zero-order valence-electron chi connectivity index (χ0n) is 24.6. The second kappa shape index (κ2) is 10.5. The van der Waals surface area contributed by atoms with Crippen LogP contribution < -0.4 is 16.0 Å². The first-order valence-corrected chi connectivity index (χ1v) is 14.9. The molecule has 0 aliphatic carbocycles. The third-order valence-corrected chi connectivity index (χ3v) is 8.33. The summed E-state index contributed by atoms with van der Waals surface area (Å²) in [5, 5.41) is 5.76. The van der Waals surface area contributed by atoms with E-state index in [1.807, 2.05) is 0 Å². The molecule has 0 spiro atoms. The maximum atomic E-state index is 5.09. The summed E-state index contributed by atoms with van der Waals surface area (Å²) >= 11 is 0. The fourth-order valence-electron chi connectivity index (χ4n) is 5.94. The molecule has 5 heterocycles. The Hall–Kier alpha value is -4.83. The molecule has 1 atom stereocenters. The summed E-state index contributed by atoms with van der Waals surface area (Å²) in [4.78, 5) is 12.6. The highest BCUT2D eigenvalue weighted by atomic mass is 14.9. The van der Waals surface area contributed by atoms with Gasteiger partial charge in [-0.3, -0.25) is 0 Å². The minimum Gasteiger partial charge on any atom is -0.375 e. The Labute approximate surface area is 247 Å². The lowest BCUT2D eigenvalue weighted by molar-refractivity contribution is 0.866. The van der Waals surface area contributed by atoms with Crippen LogP contribution in [-0.2, 0) is 0 Å². The van der Waals surface area contributed by atoms with Crippen LogP contribution in [0.5, 0.6) is 0 Å². The molecule has 4 nitrogen and oxygen atoms in total. The van der Waals surface area contributed by atoms with Gasteiger partial charge in [-0.25, -0.2) is 4.99 Å². The van der Waals surface area contributed by atoms with Crippen molar-refractivity contribution in [2.75, 3.05) is 0 Å². The molecule has 8 bridgehead atoms. The molecular formula is C38H36N4. The van der Waals surface area contributed by atoms with Crippen LogP contribution in [0.2, 0.25) is 0 Å². The Morgan fingerprint density at radius 1 is 0.643 bits per heavy atom. The molecule has 0 fully saturated rings. The van der Waals surface area contributed by atoms with E-state index >= 15 is 0 Å². The Morgan fingerprint density at radius 3 is 1.95 bits per heavy atom. The van der Waals surface area contributed by atoms with Crippen LogP contribution >= 0.6 is 0 Å². The molecule has 3 aliphatic rings. The molecule has 3 N–H and O–H groups in total. The second-order valence-electron chi connectivity index (χ2n) is 12.0. The number of rotatable bonds is 4. The summed E-state index contributed by atoms with van der Waals surface area (Å²) in [7, 11) is 0. The SMILES string of the molecule is CC(C)c1ccc(/C2=C3\C=CC(=N3)/C=C3/C=CC(/C=c4/cc/c([nH]4)=C(\c4ccc(C(C)C)cc4)c4ccc2[nH]4)N3)cc1. The molecule has 7 rings (SSSR count). The number of hydrogen-bond acceptors (Lipinski definition) is 2. The fraction of sp³-hybridized carbons (Fsp3) is 0.184. The summed E-state index contributed by atoms with van der Waals surface area (Å²) in [6.45, 7) is 8.93. The summed E-state index contributed by atoms with van der Waals surface area (Å²) in [6.07, 6.45) is 12.9. The number of aromatic nitrogens is 2. The van der Waals surface area contributed by atoms with E-state index < -0.39 is 0 Å². The van der Waals surface area contributed by atoms with Crippen LogP contribution in [0.25, 0.3) is 17.2 Å². The standard InChI is InChI=1S/C38H36N4/c1-23(2)25-5-9-27(10-6-25)37-33-17-15-31(40-33)21-29-13-14-30(39-29)22-32-16-18-34(41-32)38(36-20-19-35(37)42-36)28-11-7-26(8-12-28)24(3)4/h5-24,29,39-40,42H,1-4H3/b30-22-,31-21-,37-33-,38-34-. The van der Waals surface area contributed by atoms with Gasteiger partial charge in [0.1, 0.15) is 0 Å². The lowest BCUT2D eigenvalue weighted by Crippen LogP contribution is -2.23. The van der Waals surface area contributed by atoms with Crippen molar-refractivity contribution in [1.29, 1.82) is 0 Å². The van der Waals surface area contributed by atoms with Gasteiger partial charge in [0.05, 0.1) is 17.5 Å². The van der Waals surface area contributed by atoms with Gasteiger partial charge in [0.25, 0.3) is 0 Å². The van der Waals surface area contributed by atoms with E-state index in [2.05, 4.69) is 152 Å². The molecule has 0 amide bonds. The van der Waals surface area contributed by atoms with Crippen LogP contribution in [0, 0.1) is 0 Å². The number of benzene rings is 2. The van der Waals surface area contributed by atoms with Gasteiger partial charge in [-0.15, -0.1) is 0 Å². The van der Waals surface area contributed by atoms with Gasteiger partial charge in [-0.2, -0.15) is 0 Å². The topological polar surface area (TPSA) is 56.0 Å². The first-order chi connectivity index (χ1) is 20.4. The van der Waals surface area contributed by atoms with Gasteiger partial charge in [-0.05, 0) is 88.7 Å². The van der Waals surface area contributed by atoms with E-state index in [9.17, 15) is 0 Å². The van der Waals surface area contributed by atoms with Crippen LogP contribution in [0.1, 0.15) is 73.2 Å². The van der Waals surface area contributed by atoms with Crippen molar-refractivity contribution in [3.8, 4) is 0 Å². The molecule has 2 aromatic heterocycles. The number of aliphatic imine (C=N–C) groups is 1. The van der Waals surface area contributed by atoms with E-state index in [1.54, 1.807) is 0 Å². The van der Waals surface area contributed by atoms with E-state index in [0.29, 0.717) is 11.8 Å². The van der Waals surface area contributed by atoms with E-state index in [-0.39, 0.29) is 6.04 Å². The van der Waals surface area contributed by atoms with Crippen molar-refractivity contribution in [1.82, 2.24) is 15.3 Å². The van der Waals surface area contributed by atoms with Crippen LogP contribution in [-0.4, -0.2) is 21.7 Å². The van der Waals surface area contributed by atoms with Crippen LogP contribution in [0.15, 0.2) is 120 Å². The largest absolute Gasteiger partial charge is 0.375 e. The maximum absolute atomic E-state index is 5.09. The van der Waals surface area contributed by atoms with E-state index in [0.717, 1.165) is 55.9 Å². The lowest BCUT2D eigenvalue weighted by Gasteiger charge is -2.12. The average Bonchev–Trinajstić information content (AvgIpc) is 3.80. The predicted molar refractivity (Wildman–Crippen MR) is 175 cm³/mol. The van der Waals surface area contributed by atoms with Crippen molar-refractivity contribution >= 4 is 22.9 Å². The van der Waals surface area contributed by atoms with Gasteiger partial charge in [0, 0.05) is 38.9 Å². The van der Waals surface area contributed by atoms with Crippen LogP contribution in [0.4, 0.5) is 0 Å². The Kier molecular flexibility index (Phi) is 6.54. The Morgan fingerprint density at radius 2 is 1.29 bits per heavy atom. The summed E-state index contributed by atoms with van der Waals surface area (Å²) in [5.41, 5.74) is 12.3. The molecule has 0 saturated heterocycles. The van der Waals surface area contributed by atoms with Gasteiger partial charge in [-0.1, -0.05) is 82.3 Å². The first kappa shape index (κ1) is 26.1. The monoisotopic (exact) mass is 548 g/mol. The maximum Gasteiger partial charge on any atom is 0.0736 e. The molecule has 0 saturated carbocycles. The van der Waals surface area contributed by atoms with Crippen LogP contribution in [0.3, 0.4) is 0 Å². The fourth-order valence-corrected chi connectivity index (χ4v) is 5.94. The third-order valence-electron chi connectivity index (χ3n) is 8.33. The molecule has 42 heavy (non-hydrogen) atoms. The summed E-state index contributed by atoms with van der Waals surface area (Å²) in [5.74, 6) is 0.961. The average molecular weight is 549 g/mol. The van der Waals surface area contributed by atoms with Gasteiger partial charge >= 0.3 is 0 Å². The Bertz CT molecular complexity index is 1930. The molecular weight excluding hydrogens is 512 g/mol. The van der Waals surface area contributed by atoms with E-state index in [4.69, 9.17) is 4.99 Å². The highest BCUT2D eigenvalue weighted by Crippen LogP contribution is 2.33. The van der Waals surface area contributed by atoms with Crippen molar-refractivity contribution in [3.05, 3.63) is 159 Å².